The van der Waals surface area contributed by atoms with Gasteiger partial charge in [0.15, 0.2) is 0 Å². The Morgan fingerprint density at radius 1 is 1.22 bits per heavy atom. The third kappa shape index (κ3) is 9.81. The van der Waals surface area contributed by atoms with Crippen LogP contribution in [0.15, 0.2) is 0 Å². The maximum absolute atomic E-state index is 11.9. The summed E-state index contributed by atoms with van der Waals surface area (Å²) in [6.07, 6.45) is 5.75. The topological polar surface area (TPSA) is 81.7 Å². The predicted molar refractivity (Wildman–Crippen MR) is 89.7 cm³/mol. The molecule has 0 saturated heterocycles. The van der Waals surface area contributed by atoms with Crippen molar-refractivity contribution in [3.8, 4) is 0 Å². The molecule has 0 unspecified atom stereocenters. The van der Waals surface area contributed by atoms with Crippen LogP contribution in [0.2, 0.25) is 0 Å². The van der Waals surface area contributed by atoms with Crippen LogP contribution < -0.4 is 5.32 Å². The molecule has 0 aromatic heterocycles. The van der Waals surface area contributed by atoms with E-state index in [-0.39, 0.29) is 12.6 Å². The fourth-order valence-electron chi connectivity index (χ4n) is 2.82. The Labute approximate surface area is 140 Å². The SMILES string of the molecule is CC1CCC(C[C@@H](COS(C)(=O)=O)NC(=O)OC(C)(C)C)CC1. The van der Waals surface area contributed by atoms with Gasteiger partial charge in [0.1, 0.15) is 5.60 Å². The summed E-state index contributed by atoms with van der Waals surface area (Å²) in [7, 11) is -3.53. The average Bonchev–Trinajstić information content (AvgIpc) is 2.35. The van der Waals surface area contributed by atoms with Gasteiger partial charge in [-0.15, -0.1) is 0 Å². The molecule has 1 N–H and O–H groups in total. The lowest BCUT2D eigenvalue weighted by Gasteiger charge is -2.30. The summed E-state index contributed by atoms with van der Waals surface area (Å²) in [5.74, 6) is 1.23. The lowest BCUT2D eigenvalue weighted by molar-refractivity contribution is 0.0474. The molecule has 0 bridgehead atoms. The number of rotatable bonds is 6. The van der Waals surface area contributed by atoms with Crippen LogP contribution in [0.3, 0.4) is 0 Å². The number of hydrogen-bond donors (Lipinski definition) is 1. The van der Waals surface area contributed by atoms with E-state index in [0.717, 1.165) is 25.0 Å². The fourth-order valence-corrected chi connectivity index (χ4v) is 3.23. The first-order valence-corrected chi connectivity index (χ1v) is 10.1. The van der Waals surface area contributed by atoms with Crippen molar-refractivity contribution in [3.63, 3.8) is 0 Å². The van der Waals surface area contributed by atoms with Gasteiger partial charge in [-0.1, -0.05) is 32.6 Å². The normalized spacial score (nSPS) is 24.0. The highest BCUT2D eigenvalue weighted by molar-refractivity contribution is 7.85. The molecular weight excluding hydrogens is 318 g/mol. The van der Waals surface area contributed by atoms with Crippen molar-refractivity contribution >= 4 is 16.2 Å². The van der Waals surface area contributed by atoms with Crippen molar-refractivity contribution in [1.82, 2.24) is 5.32 Å². The van der Waals surface area contributed by atoms with Crippen molar-refractivity contribution in [3.05, 3.63) is 0 Å². The van der Waals surface area contributed by atoms with Gasteiger partial charge < -0.3 is 10.1 Å². The Bertz CT molecular complexity index is 475. The summed E-state index contributed by atoms with van der Waals surface area (Å²) in [6, 6.07) is -0.363. The van der Waals surface area contributed by atoms with Crippen LogP contribution in [0.1, 0.15) is 59.8 Å². The van der Waals surface area contributed by atoms with Gasteiger partial charge in [0.2, 0.25) is 0 Å². The van der Waals surface area contributed by atoms with Gasteiger partial charge in [-0.05, 0) is 39.0 Å². The molecule has 0 spiro atoms. The van der Waals surface area contributed by atoms with Crippen LogP contribution in [-0.4, -0.2) is 39.0 Å². The van der Waals surface area contributed by atoms with E-state index in [9.17, 15) is 13.2 Å². The van der Waals surface area contributed by atoms with E-state index in [1.807, 2.05) is 0 Å². The minimum atomic E-state index is -3.53. The van der Waals surface area contributed by atoms with Gasteiger partial charge in [-0.3, -0.25) is 4.18 Å². The van der Waals surface area contributed by atoms with E-state index in [4.69, 9.17) is 8.92 Å². The Hall–Kier alpha value is -0.820. The zero-order chi connectivity index (χ0) is 17.7. The average molecular weight is 349 g/mol. The highest BCUT2D eigenvalue weighted by Gasteiger charge is 2.25. The van der Waals surface area contributed by atoms with Crippen LogP contribution in [-0.2, 0) is 19.0 Å². The summed E-state index contributed by atoms with van der Waals surface area (Å²) in [5, 5.41) is 2.75. The Morgan fingerprint density at radius 2 is 1.78 bits per heavy atom. The van der Waals surface area contributed by atoms with Gasteiger partial charge in [0, 0.05) is 0 Å². The molecule has 1 atom stereocenters. The Balaban J connectivity index is 2.59. The van der Waals surface area contributed by atoms with Crippen molar-refractivity contribution in [1.29, 1.82) is 0 Å². The van der Waals surface area contributed by atoms with Crippen LogP contribution in [0.5, 0.6) is 0 Å². The third-order valence-electron chi connectivity index (χ3n) is 3.96. The summed E-state index contributed by atoms with van der Waals surface area (Å²) < 4.78 is 32.6. The van der Waals surface area contributed by atoms with Gasteiger partial charge in [-0.25, -0.2) is 4.79 Å². The molecule has 23 heavy (non-hydrogen) atoms. The monoisotopic (exact) mass is 349 g/mol. The van der Waals surface area contributed by atoms with Crippen LogP contribution in [0.25, 0.3) is 0 Å². The molecule has 1 amide bonds. The summed E-state index contributed by atoms with van der Waals surface area (Å²) >= 11 is 0. The van der Waals surface area contributed by atoms with Crippen molar-refractivity contribution in [2.45, 2.75) is 71.4 Å². The Morgan fingerprint density at radius 3 is 2.26 bits per heavy atom. The maximum atomic E-state index is 11.9. The molecule has 1 saturated carbocycles. The molecule has 0 heterocycles. The summed E-state index contributed by atoms with van der Waals surface area (Å²) in [5.41, 5.74) is -0.591. The first-order chi connectivity index (χ1) is 10.4. The smallest absolute Gasteiger partial charge is 0.407 e. The molecule has 136 valence electrons. The number of nitrogens with one attached hydrogen (secondary N) is 1. The van der Waals surface area contributed by atoms with E-state index in [2.05, 4.69) is 12.2 Å². The second kappa shape index (κ2) is 8.33. The zero-order valence-electron chi connectivity index (χ0n) is 14.9. The van der Waals surface area contributed by atoms with Crippen LogP contribution >= 0.6 is 0 Å². The maximum Gasteiger partial charge on any atom is 0.407 e. The van der Waals surface area contributed by atoms with E-state index in [0.29, 0.717) is 12.3 Å². The van der Waals surface area contributed by atoms with Crippen LogP contribution in [0, 0.1) is 11.8 Å². The molecular formula is C16H31NO5S. The van der Waals surface area contributed by atoms with Crippen molar-refractivity contribution < 1.29 is 22.1 Å². The molecule has 0 aromatic rings. The van der Waals surface area contributed by atoms with Crippen LogP contribution in [0.4, 0.5) is 4.79 Å². The minimum absolute atomic E-state index is 0.0515. The predicted octanol–water partition coefficient (Wildman–Crippen LogP) is 3.07. The first kappa shape index (κ1) is 20.2. The molecule has 0 aliphatic heterocycles. The molecule has 0 radical (unpaired) electrons. The zero-order valence-corrected chi connectivity index (χ0v) is 15.7. The molecule has 1 fully saturated rings. The molecule has 7 heteroatoms. The number of hydrogen-bond acceptors (Lipinski definition) is 5. The third-order valence-corrected chi connectivity index (χ3v) is 4.52. The van der Waals surface area contributed by atoms with Crippen molar-refractivity contribution in [2.75, 3.05) is 12.9 Å². The molecule has 1 aliphatic carbocycles. The number of alkyl carbamates (subject to hydrolysis) is 1. The quantitative estimate of drug-likeness (QED) is 0.745. The summed E-state index contributed by atoms with van der Waals surface area (Å²) in [4.78, 5) is 11.9. The fraction of sp³-hybridized carbons (Fsp3) is 0.938. The van der Waals surface area contributed by atoms with Gasteiger partial charge >= 0.3 is 6.09 Å². The number of ether oxygens (including phenoxy) is 1. The summed E-state index contributed by atoms with van der Waals surface area (Å²) in [6.45, 7) is 7.56. The number of amides is 1. The van der Waals surface area contributed by atoms with Gasteiger partial charge in [0.05, 0.1) is 18.9 Å². The second-order valence-corrected chi connectivity index (χ2v) is 9.34. The number of carbonyl (C=O) groups is 1. The highest BCUT2D eigenvalue weighted by Crippen LogP contribution is 2.31. The van der Waals surface area contributed by atoms with Gasteiger partial charge in [0.25, 0.3) is 10.1 Å². The van der Waals surface area contributed by atoms with Gasteiger partial charge in [-0.2, -0.15) is 8.42 Å². The number of carbonyl (C=O) groups excluding carboxylic acids is 1. The molecule has 0 aromatic carbocycles. The van der Waals surface area contributed by atoms with E-state index in [1.165, 1.54) is 12.8 Å². The van der Waals surface area contributed by atoms with E-state index < -0.39 is 21.8 Å². The standard InChI is InChI=1S/C16H31NO5S/c1-12-6-8-13(9-7-12)10-14(11-21-23(5,19)20)17-15(18)22-16(2,3)4/h12-14H,6-11H2,1-5H3,(H,17,18)/t12?,13?,14-/m0/s1. The minimum Gasteiger partial charge on any atom is -0.444 e. The largest absolute Gasteiger partial charge is 0.444 e. The first-order valence-electron chi connectivity index (χ1n) is 8.28. The van der Waals surface area contributed by atoms with Crippen molar-refractivity contribution in [2.24, 2.45) is 11.8 Å². The second-order valence-electron chi connectivity index (χ2n) is 7.69. The highest BCUT2D eigenvalue weighted by atomic mass is 32.2. The lowest BCUT2D eigenvalue weighted by atomic mass is 9.80. The lowest BCUT2D eigenvalue weighted by Crippen LogP contribution is -2.43. The molecule has 1 aliphatic rings. The molecule has 6 nitrogen and oxygen atoms in total. The van der Waals surface area contributed by atoms with E-state index in [1.54, 1.807) is 20.8 Å². The Kier molecular flexibility index (Phi) is 7.32. The van der Waals surface area contributed by atoms with E-state index >= 15 is 0 Å². The molecule has 1 rings (SSSR count).